The third kappa shape index (κ3) is 8.68. The van der Waals surface area contributed by atoms with E-state index in [1.54, 1.807) is 27.2 Å². The summed E-state index contributed by atoms with van der Waals surface area (Å²) < 4.78 is 15.2. The number of hydrogen-bond donors (Lipinski definition) is 2. The smallest absolute Gasteiger partial charge is 0.328 e. The van der Waals surface area contributed by atoms with Gasteiger partial charge in [-0.05, 0) is 61.6 Å². The molecule has 2 N–H and O–H groups in total. The van der Waals surface area contributed by atoms with Crippen molar-refractivity contribution in [3.8, 4) is 0 Å². The molecule has 0 saturated carbocycles. The van der Waals surface area contributed by atoms with Crippen LogP contribution in [-0.4, -0.2) is 64.6 Å². The van der Waals surface area contributed by atoms with E-state index in [9.17, 15) is 9.59 Å². The summed E-state index contributed by atoms with van der Waals surface area (Å²) in [4.78, 5) is 27.5. The number of H-pyrrole nitrogens is 1. The van der Waals surface area contributed by atoms with Crippen LogP contribution in [0.25, 0.3) is 5.76 Å². The van der Waals surface area contributed by atoms with Gasteiger partial charge in [0.25, 0.3) is 0 Å². The van der Waals surface area contributed by atoms with Crippen molar-refractivity contribution >= 4 is 41.0 Å². The molecule has 1 atom stereocenters. The first-order chi connectivity index (χ1) is 18.7. The zero-order chi connectivity index (χ0) is 30.3. The zero-order valence-corrected chi connectivity index (χ0v) is 26.6. The maximum absolute atomic E-state index is 11.7. The summed E-state index contributed by atoms with van der Waals surface area (Å²) >= 11 is 4.64. The van der Waals surface area contributed by atoms with Crippen molar-refractivity contribution < 1.29 is 23.8 Å². The molecular formula is C30H48ClN3O5. The van der Waals surface area contributed by atoms with Gasteiger partial charge in [0, 0.05) is 37.8 Å². The fourth-order valence-corrected chi connectivity index (χ4v) is 4.47. The van der Waals surface area contributed by atoms with E-state index in [2.05, 4.69) is 46.8 Å². The van der Waals surface area contributed by atoms with Crippen LogP contribution >= 0.6 is 11.6 Å². The van der Waals surface area contributed by atoms with E-state index < -0.39 is 0 Å². The minimum absolute atomic E-state index is 0.175. The predicted molar refractivity (Wildman–Crippen MR) is 163 cm³/mol. The van der Waals surface area contributed by atoms with Gasteiger partial charge in [-0.3, -0.25) is 4.79 Å². The van der Waals surface area contributed by atoms with Crippen molar-refractivity contribution in [2.24, 2.45) is 0 Å². The van der Waals surface area contributed by atoms with Crippen LogP contribution in [-0.2, 0) is 31.8 Å². The highest BCUT2D eigenvalue weighted by molar-refractivity contribution is 6.15. The molecule has 0 radical (unpaired) electrons. The number of nitrogens with one attached hydrogen (secondary N) is 2. The number of benzene rings is 1. The molecule has 220 valence electrons. The number of alkyl halides is 1. The lowest BCUT2D eigenvalue weighted by Crippen LogP contribution is -2.28. The van der Waals surface area contributed by atoms with E-state index in [1.807, 2.05) is 34.6 Å². The molecule has 39 heavy (non-hydrogen) atoms. The molecule has 0 amide bonds. The van der Waals surface area contributed by atoms with Gasteiger partial charge in [0.2, 0.25) is 0 Å². The average Bonchev–Trinajstić information content (AvgIpc) is 3.70. The van der Waals surface area contributed by atoms with Gasteiger partial charge in [0.1, 0.15) is 11.8 Å². The third-order valence-corrected chi connectivity index (χ3v) is 6.26. The number of allylic oxidation sites excluding steroid dienone is 1. The molecular weight excluding hydrogens is 518 g/mol. The topological polar surface area (TPSA) is 92.9 Å². The summed E-state index contributed by atoms with van der Waals surface area (Å²) in [5.74, 6) is 1.11. The molecule has 0 bridgehead atoms. The van der Waals surface area contributed by atoms with Crippen molar-refractivity contribution in [3.63, 3.8) is 0 Å². The van der Waals surface area contributed by atoms with Crippen LogP contribution in [0.15, 0.2) is 17.9 Å². The highest BCUT2D eigenvalue weighted by atomic mass is 35.5. The number of nitrogens with zero attached hydrogens (tertiary/aromatic N) is 1. The van der Waals surface area contributed by atoms with Crippen molar-refractivity contribution in [2.45, 2.75) is 67.3 Å². The predicted octanol–water partition coefficient (Wildman–Crippen LogP) is 6.52. The number of carbonyl (C=O) groups excluding carboxylic acids is 2. The Morgan fingerprint density at radius 3 is 2.10 bits per heavy atom. The van der Waals surface area contributed by atoms with Crippen LogP contribution in [0.4, 0.5) is 11.4 Å². The highest BCUT2D eigenvalue weighted by Gasteiger charge is 2.33. The number of ether oxygens (including phenoxy) is 3. The number of aldehydes is 1. The van der Waals surface area contributed by atoms with Gasteiger partial charge >= 0.3 is 5.97 Å². The van der Waals surface area contributed by atoms with E-state index in [0.29, 0.717) is 17.2 Å². The monoisotopic (exact) mass is 565 g/mol. The first-order valence-corrected chi connectivity index (χ1v) is 14.0. The van der Waals surface area contributed by atoms with E-state index >= 15 is 0 Å². The second-order valence-electron chi connectivity index (χ2n) is 8.33. The lowest BCUT2D eigenvalue weighted by Gasteiger charge is -2.15. The summed E-state index contributed by atoms with van der Waals surface area (Å²) in [6.07, 6.45) is 4.07. The molecule has 8 nitrogen and oxygen atoms in total. The van der Waals surface area contributed by atoms with Crippen molar-refractivity contribution in [1.29, 1.82) is 0 Å². The van der Waals surface area contributed by atoms with E-state index in [4.69, 9.17) is 14.2 Å². The number of hydrogen-bond acceptors (Lipinski definition) is 7. The van der Waals surface area contributed by atoms with E-state index in [-0.39, 0.29) is 12.0 Å². The maximum atomic E-state index is 11.7. The quantitative estimate of drug-likeness (QED) is 0.184. The van der Waals surface area contributed by atoms with Gasteiger partial charge in [-0.2, -0.15) is 0 Å². The summed E-state index contributed by atoms with van der Waals surface area (Å²) in [6.45, 7) is 14.9. The Morgan fingerprint density at radius 2 is 1.62 bits per heavy atom. The minimum atomic E-state index is -0.221. The van der Waals surface area contributed by atoms with Crippen LogP contribution in [0.1, 0.15) is 73.1 Å². The van der Waals surface area contributed by atoms with Gasteiger partial charge in [0.05, 0.1) is 32.7 Å². The van der Waals surface area contributed by atoms with Crippen LogP contribution in [0.3, 0.4) is 0 Å². The fourth-order valence-electron chi connectivity index (χ4n) is 4.47. The Labute approximate surface area is 240 Å². The molecule has 1 aromatic carbocycles. The second kappa shape index (κ2) is 18.2. The standard InChI is InChI=1S/C14H18N2O2.C11H15NO3.2C2H6.CH3Cl/c1-8-6-12-9(4-5-16(12)2)10-7-11(14(17)18-3)15-13(8)10;1-7-5-9(6-13)12-10(7)11(15-4)8(2)14-3;3*1-2/h6,11,15H,4-5,7H2,1-3H3;5-6,12H,1-4H3;2*1-2H3;1H3/b;11-8-;;;. The highest BCUT2D eigenvalue weighted by Crippen LogP contribution is 2.40. The van der Waals surface area contributed by atoms with Gasteiger partial charge in [0.15, 0.2) is 12.0 Å². The second-order valence-corrected chi connectivity index (χ2v) is 8.33. The fraction of sp³-hybridized carbons (Fsp3) is 0.533. The number of anilines is 2. The number of methoxy groups -OCH3 is 3. The number of aromatic amines is 1. The number of esters is 1. The minimum Gasteiger partial charge on any atom is -0.497 e. The van der Waals surface area contributed by atoms with E-state index in [0.717, 1.165) is 42.6 Å². The number of aryl methyl sites for hydroxylation is 2. The molecule has 1 aromatic heterocycles. The normalized spacial score (nSPS) is 14.5. The Morgan fingerprint density at radius 1 is 1.00 bits per heavy atom. The Balaban J connectivity index is 0.000000630. The molecule has 0 aliphatic carbocycles. The van der Waals surface area contributed by atoms with Gasteiger partial charge < -0.3 is 29.4 Å². The number of fused-ring (bicyclic) bond motifs is 3. The Bertz CT molecular complexity index is 1090. The summed E-state index contributed by atoms with van der Waals surface area (Å²) in [5.41, 5.74) is 8.63. The van der Waals surface area contributed by atoms with Crippen LogP contribution in [0.5, 0.6) is 0 Å². The first kappa shape index (κ1) is 35.9. The van der Waals surface area contributed by atoms with Crippen molar-refractivity contribution in [1.82, 2.24) is 4.98 Å². The van der Waals surface area contributed by atoms with Gasteiger partial charge in [-0.15, -0.1) is 11.6 Å². The third-order valence-electron chi connectivity index (χ3n) is 6.26. The molecule has 2 aromatic rings. The number of carbonyl (C=O) groups is 2. The molecule has 0 spiro atoms. The average molecular weight is 566 g/mol. The number of aromatic nitrogens is 1. The SMILES string of the molecule is CC.CC.CCl.CO/C(C)=C(\OC)c1[nH]c(C=O)cc1C.COC(=O)C1Cc2c3c(cc(C)c2N1)N(C)CC3. The van der Waals surface area contributed by atoms with Crippen LogP contribution < -0.4 is 10.2 Å². The lowest BCUT2D eigenvalue weighted by molar-refractivity contribution is -0.141. The zero-order valence-electron chi connectivity index (χ0n) is 25.8. The molecule has 3 heterocycles. The largest absolute Gasteiger partial charge is 0.497 e. The van der Waals surface area contributed by atoms with Crippen molar-refractivity contribution in [3.05, 3.63) is 51.5 Å². The number of likely N-dealkylation sites (N-methyl/N-ethyl adjacent to an activating group) is 1. The number of rotatable bonds is 5. The Hall–Kier alpha value is -3.13. The summed E-state index contributed by atoms with van der Waals surface area (Å²) in [5, 5.41) is 3.30. The van der Waals surface area contributed by atoms with Crippen LogP contribution in [0, 0.1) is 13.8 Å². The lowest BCUT2D eigenvalue weighted by atomic mass is 9.98. The van der Waals surface area contributed by atoms with E-state index in [1.165, 1.54) is 35.9 Å². The molecule has 4 rings (SSSR count). The molecule has 2 aliphatic heterocycles. The molecule has 9 heteroatoms. The summed E-state index contributed by atoms with van der Waals surface area (Å²) in [6, 6.07) is 3.76. The Kier molecular flexibility index (Phi) is 16.7. The molecule has 0 saturated heterocycles. The van der Waals surface area contributed by atoms with Crippen LogP contribution in [0.2, 0.25) is 0 Å². The number of halogens is 1. The maximum Gasteiger partial charge on any atom is 0.328 e. The summed E-state index contributed by atoms with van der Waals surface area (Å²) in [7, 11) is 6.71. The molecule has 1 unspecified atom stereocenters. The molecule has 0 fully saturated rings. The first-order valence-electron chi connectivity index (χ1n) is 13.3. The van der Waals surface area contributed by atoms with Gasteiger partial charge in [-0.25, -0.2) is 4.79 Å². The van der Waals surface area contributed by atoms with Crippen molar-refractivity contribution in [2.75, 3.05) is 51.5 Å². The molecule has 2 aliphatic rings. The van der Waals surface area contributed by atoms with Gasteiger partial charge in [-0.1, -0.05) is 27.7 Å².